The van der Waals surface area contributed by atoms with Gasteiger partial charge in [-0.15, -0.1) is 0 Å². The maximum absolute atomic E-state index is 13.4. The first-order chi connectivity index (χ1) is 9.11. The van der Waals surface area contributed by atoms with E-state index in [1.54, 1.807) is 12.3 Å². The van der Waals surface area contributed by atoms with Crippen LogP contribution in [0.15, 0.2) is 36.5 Å². The van der Waals surface area contributed by atoms with Crippen molar-refractivity contribution in [2.75, 3.05) is 18.2 Å². The zero-order chi connectivity index (χ0) is 13.8. The second-order valence-electron chi connectivity index (χ2n) is 4.19. The number of anilines is 2. The van der Waals surface area contributed by atoms with Crippen LogP contribution < -0.4 is 15.8 Å². The molecule has 100 valence electrons. The van der Waals surface area contributed by atoms with Crippen LogP contribution in [0.5, 0.6) is 5.75 Å². The number of rotatable bonds is 4. The summed E-state index contributed by atoms with van der Waals surface area (Å²) in [5, 5.41) is 3.19. The Hall–Kier alpha value is -2.30. The predicted octanol–water partition coefficient (Wildman–Crippen LogP) is 2.98. The molecule has 3 N–H and O–H groups in total. The summed E-state index contributed by atoms with van der Waals surface area (Å²) in [6, 6.07) is 8.42. The van der Waals surface area contributed by atoms with Gasteiger partial charge in [-0.25, -0.2) is 4.39 Å². The Labute approximate surface area is 111 Å². The number of ether oxygens (including phenoxy) is 1. The fourth-order valence-electron chi connectivity index (χ4n) is 1.79. The highest BCUT2D eigenvalue weighted by molar-refractivity contribution is 5.69. The van der Waals surface area contributed by atoms with Crippen LogP contribution in [-0.4, -0.2) is 12.1 Å². The smallest absolute Gasteiger partial charge is 0.167 e. The SMILES string of the molecule is COc1cc(NC(C)c2ccccn2)c(N)cc1F. The molecule has 1 aromatic carbocycles. The van der Waals surface area contributed by atoms with Gasteiger partial charge in [-0.3, -0.25) is 4.98 Å². The minimum atomic E-state index is -0.476. The molecule has 1 aromatic heterocycles. The van der Waals surface area contributed by atoms with E-state index in [4.69, 9.17) is 10.5 Å². The Balaban J connectivity index is 2.24. The van der Waals surface area contributed by atoms with Crippen molar-refractivity contribution in [3.8, 4) is 5.75 Å². The third kappa shape index (κ3) is 2.93. The third-order valence-electron chi connectivity index (χ3n) is 2.83. The summed E-state index contributed by atoms with van der Waals surface area (Å²) in [6.45, 7) is 1.96. The molecule has 0 saturated heterocycles. The quantitative estimate of drug-likeness (QED) is 0.831. The van der Waals surface area contributed by atoms with Gasteiger partial charge >= 0.3 is 0 Å². The minimum Gasteiger partial charge on any atom is -0.494 e. The molecule has 5 heteroatoms. The average Bonchev–Trinajstić information content (AvgIpc) is 2.42. The first-order valence-electron chi connectivity index (χ1n) is 5.92. The van der Waals surface area contributed by atoms with Crippen LogP contribution >= 0.6 is 0 Å². The maximum Gasteiger partial charge on any atom is 0.167 e. The second-order valence-corrected chi connectivity index (χ2v) is 4.19. The Morgan fingerprint density at radius 1 is 1.37 bits per heavy atom. The van der Waals surface area contributed by atoms with Gasteiger partial charge in [0.1, 0.15) is 0 Å². The van der Waals surface area contributed by atoms with Gasteiger partial charge in [-0.1, -0.05) is 6.07 Å². The Bertz CT molecular complexity index is 560. The number of nitrogens with two attached hydrogens (primary N) is 1. The largest absolute Gasteiger partial charge is 0.494 e. The molecule has 0 aliphatic carbocycles. The van der Waals surface area contributed by atoms with Crippen molar-refractivity contribution in [1.29, 1.82) is 0 Å². The van der Waals surface area contributed by atoms with Crippen molar-refractivity contribution in [2.24, 2.45) is 0 Å². The summed E-state index contributed by atoms with van der Waals surface area (Å²) >= 11 is 0. The molecule has 0 radical (unpaired) electrons. The van der Waals surface area contributed by atoms with Gasteiger partial charge in [0.05, 0.1) is 30.2 Å². The second kappa shape index (κ2) is 5.56. The van der Waals surface area contributed by atoms with Crippen LogP contribution in [0, 0.1) is 5.82 Å². The van der Waals surface area contributed by atoms with Crippen LogP contribution in [0.1, 0.15) is 18.7 Å². The average molecular weight is 261 g/mol. The maximum atomic E-state index is 13.4. The summed E-state index contributed by atoms with van der Waals surface area (Å²) in [6.07, 6.45) is 1.72. The molecule has 2 rings (SSSR count). The van der Waals surface area contributed by atoms with E-state index in [0.717, 1.165) is 5.69 Å². The number of nitrogens with zero attached hydrogens (tertiary/aromatic N) is 1. The van der Waals surface area contributed by atoms with Crippen molar-refractivity contribution in [3.05, 3.63) is 48.0 Å². The van der Waals surface area contributed by atoms with Gasteiger partial charge in [0.2, 0.25) is 0 Å². The fraction of sp³-hybridized carbons (Fsp3) is 0.214. The van der Waals surface area contributed by atoms with E-state index >= 15 is 0 Å². The molecule has 0 saturated carbocycles. The Kier molecular flexibility index (Phi) is 3.85. The lowest BCUT2D eigenvalue weighted by molar-refractivity contribution is 0.387. The zero-order valence-corrected chi connectivity index (χ0v) is 10.9. The zero-order valence-electron chi connectivity index (χ0n) is 10.9. The molecular weight excluding hydrogens is 245 g/mol. The first-order valence-corrected chi connectivity index (χ1v) is 5.92. The van der Waals surface area contributed by atoms with Crippen molar-refractivity contribution >= 4 is 11.4 Å². The normalized spacial score (nSPS) is 11.9. The highest BCUT2D eigenvalue weighted by Crippen LogP contribution is 2.30. The molecular formula is C14H16FN3O. The van der Waals surface area contributed by atoms with Gasteiger partial charge in [-0.05, 0) is 19.1 Å². The number of hydrogen-bond donors (Lipinski definition) is 2. The number of benzene rings is 1. The minimum absolute atomic E-state index is 0.0429. The highest BCUT2D eigenvalue weighted by atomic mass is 19.1. The molecule has 0 spiro atoms. The van der Waals surface area contributed by atoms with Crippen molar-refractivity contribution in [1.82, 2.24) is 4.98 Å². The summed E-state index contributed by atoms with van der Waals surface area (Å²) in [7, 11) is 1.42. The van der Waals surface area contributed by atoms with Gasteiger partial charge in [0.25, 0.3) is 0 Å². The van der Waals surface area contributed by atoms with Crippen molar-refractivity contribution in [2.45, 2.75) is 13.0 Å². The lowest BCUT2D eigenvalue weighted by Crippen LogP contribution is -2.10. The Morgan fingerprint density at radius 2 is 2.16 bits per heavy atom. The van der Waals surface area contributed by atoms with Gasteiger partial charge in [0, 0.05) is 18.3 Å². The number of pyridine rings is 1. The van der Waals surface area contributed by atoms with Gasteiger partial charge in [0.15, 0.2) is 11.6 Å². The predicted molar refractivity (Wildman–Crippen MR) is 73.6 cm³/mol. The van der Waals surface area contributed by atoms with Crippen LogP contribution in [0.4, 0.5) is 15.8 Å². The van der Waals surface area contributed by atoms with E-state index in [1.807, 2.05) is 25.1 Å². The standard InChI is InChI=1S/C14H16FN3O/c1-9(12-5-3-4-6-17-12)18-13-8-14(19-2)10(15)7-11(13)16/h3-9,18H,16H2,1-2H3. The Morgan fingerprint density at radius 3 is 2.79 bits per heavy atom. The molecule has 19 heavy (non-hydrogen) atoms. The number of aromatic nitrogens is 1. The van der Waals surface area contributed by atoms with Crippen LogP contribution in [0.3, 0.4) is 0 Å². The molecule has 1 heterocycles. The van der Waals surface area contributed by atoms with Crippen LogP contribution in [0.2, 0.25) is 0 Å². The van der Waals surface area contributed by atoms with E-state index in [-0.39, 0.29) is 11.8 Å². The van der Waals surface area contributed by atoms with E-state index < -0.39 is 5.82 Å². The number of hydrogen-bond acceptors (Lipinski definition) is 4. The molecule has 0 fully saturated rings. The van der Waals surface area contributed by atoms with E-state index in [9.17, 15) is 4.39 Å². The number of halogens is 1. The molecule has 0 amide bonds. The van der Waals surface area contributed by atoms with Crippen LogP contribution in [-0.2, 0) is 0 Å². The number of methoxy groups -OCH3 is 1. The van der Waals surface area contributed by atoms with Crippen molar-refractivity contribution < 1.29 is 9.13 Å². The summed E-state index contributed by atoms with van der Waals surface area (Å²) in [5.74, 6) is -0.319. The van der Waals surface area contributed by atoms with E-state index in [1.165, 1.54) is 13.2 Å². The van der Waals surface area contributed by atoms with Gasteiger partial charge in [-0.2, -0.15) is 0 Å². The molecule has 4 nitrogen and oxygen atoms in total. The highest BCUT2D eigenvalue weighted by Gasteiger charge is 2.12. The summed E-state index contributed by atoms with van der Waals surface area (Å²) < 4.78 is 18.4. The molecule has 0 aliphatic heterocycles. The van der Waals surface area contributed by atoms with E-state index in [2.05, 4.69) is 10.3 Å². The molecule has 1 unspecified atom stereocenters. The van der Waals surface area contributed by atoms with E-state index in [0.29, 0.717) is 11.4 Å². The molecule has 0 bridgehead atoms. The van der Waals surface area contributed by atoms with Crippen molar-refractivity contribution in [3.63, 3.8) is 0 Å². The molecule has 2 aromatic rings. The lowest BCUT2D eigenvalue weighted by Gasteiger charge is -2.17. The molecule has 1 atom stereocenters. The topological polar surface area (TPSA) is 60.2 Å². The van der Waals surface area contributed by atoms with Crippen LogP contribution in [0.25, 0.3) is 0 Å². The third-order valence-corrected chi connectivity index (χ3v) is 2.83. The fourth-order valence-corrected chi connectivity index (χ4v) is 1.79. The molecule has 0 aliphatic rings. The first kappa shape index (κ1) is 13.1. The van der Waals surface area contributed by atoms with Gasteiger partial charge < -0.3 is 15.8 Å². The summed E-state index contributed by atoms with van der Waals surface area (Å²) in [4.78, 5) is 4.26. The number of nitrogen functional groups attached to an aromatic ring is 1. The monoisotopic (exact) mass is 261 g/mol. The number of nitrogens with one attached hydrogen (secondary N) is 1. The lowest BCUT2D eigenvalue weighted by atomic mass is 10.2. The summed E-state index contributed by atoms with van der Waals surface area (Å²) in [5.41, 5.74) is 7.63.